The van der Waals surface area contributed by atoms with Gasteiger partial charge in [0.25, 0.3) is 0 Å². The second-order valence-corrected chi connectivity index (χ2v) is 6.07. The van der Waals surface area contributed by atoms with E-state index in [1.807, 2.05) is 0 Å². The van der Waals surface area contributed by atoms with E-state index in [2.05, 4.69) is 17.1 Å². The largest absolute Gasteiger partial charge is 0.355 e. The molecule has 1 amide bonds. The maximum absolute atomic E-state index is 11.5. The van der Waals surface area contributed by atoms with Crippen LogP contribution in [0.2, 0.25) is 0 Å². The minimum atomic E-state index is -0.763. The maximum atomic E-state index is 11.5. The Labute approximate surface area is 111 Å². The Kier molecular flexibility index (Phi) is 6.09. The molecule has 1 saturated heterocycles. The van der Waals surface area contributed by atoms with Gasteiger partial charge in [-0.2, -0.15) is 0 Å². The van der Waals surface area contributed by atoms with Crippen molar-refractivity contribution in [3.63, 3.8) is 0 Å². The van der Waals surface area contributed by atoms with E-state index in [4.69, 9.17) is 5.73 Å². The van der Waals surface area contributed by atoms with Gasteiger partial charge in [0.15, 0.2) is 0 Å². The van der Waals surface area contributed by atoms with Gasteiger partial charge < -0.3 is 16.0 Å². The topological polar surface area (TPSA) is 58.4 Å². The van der Waals surface area contributed by atoms with Crippen molar-refractivity contribution in [1.29, 1.82) is 0 Å². The van der Waals surface area contributed by atoms with Crippen LogP contribution in [0.1, 0.15) is 52.9 Å². The molecule has 0 aromatic carbocycles. The number of hydrogen-bond donors (Lipinski definition) is 2. The number of carbonyl (C=O) groups excluding carboxylic acids is 1. The summed E-state index contributed by atoms with van der Waals surface area (Å²) < 4.78 is 0. The lowest BCUT2D eigenvalue weighted by Crippen LogP contribution is -2.49. The minimum absolute atomic E-state index is 0.0613. The molecule has 4 heteroatoms. The molecule has 18 heavy (non-hydrogen) atoms. The predicted molar refractivity (Wildman–Crippen MR) is 75.4 cm³/mol. The first-order valence-electron chi connectivity index (χ1n) is 7.22. The standard InChI is InChI=1S/C14H29N3O/c1-12-8-4-6-10-17(12)11-7-5-9-16-13(18)14(2,3)15/h12H,4-11,15H2,1-3H3,(H,16,18). The van der Waals surface area contributed by atoms with Crippen LogP contribution in [0.25, 0.3) is 0 Å². The molecule has 0 bridgehead atoms. The van der Waals surface area contributed by atoms with Crippen LogP contribution < -0.4 is 11.1 Å². The van der Waals surface area contributed by atoms with E-state index in [9.17, 15) is 4.79 Å². The Morgan fingerprint density at radius 2 is 2.11 bits per heavy atom. The molecule has 1 atom stereocenters. The van der Waals surface area contributed by atoms with Crippen molar-refractivity contribution in [2.45, 2.75) is 64.5 Å². The van der Waals surface area contributed by atoms with Crippen molar-refractivity contribution < 1.29 is 4.79 Å². The van der Waals surface area contributed by atoms with Crippen LogP contribution in [-0.2, 0) is 4.79 Å². The number of unbranched alkanes of at least 4 members (excludes halogenated alkanes) is 1. The van der Waals surface area contributed by atoms with Crippen molar-refractivity contribution >= 4 is 5.91 Å². The Morgan fingerprint density at radius 1 is 1.39 bits per heavy atom. The highest BCUT2D eigenvalue weighted by molar-refractivity contribution is 5.84. The summed E-state index contributed by atoms with van der Waals surface area (Å²) in [5.41, 5.74) is 4.95. The number of nitrogens with zero attached hydrogens (tertiary/aromatic N) is 1. The van der Waals surface area contributed by atoms with E-state index in [0.717, 1.165) is 32.0 Å². The van der Waals surface area contributed by atoms with E-state index in [1.165, 1.54) is 25.8 Å². The van der Waals surface area contributed by atoms with E-state index >= 15 is 0 Å². The van der Waals surface area contributed by atoms with Gasteiger partial charge in [0, 0.05) is 12.6 Å². The molecule has 3 N–H and O–H groups in total. The molecule has 1 aliphatic heterocycles. The highest BCUT2D eigenvalue weighted by Crippen LogP contribution is 2.16. The first kappa shape index (κ1) is 15.4. The summed E-state index contributed by atoms with van der Waals surface area (Å²) in [6.45, 7) is 8.92. The van der Waals surface area contributed by atoms with Crippen molar-refractivity contribution in [2.24, 2.45) is 5.73 Å². The Hall–Kier alpha value is -0.610. The predicted octanol–water partition coefficient (Wildman–Crippen LogP) is 1.49. The third kappa shape index (κ3) is 5.36. The second kappa shape index (κ2) is 7.10. The number of hydrogen-bond acceptors (Lipinski definition) is 3. The lowest BCUT2D eigenvalue weighted by Gasteiger charge is -2.33. The molecule has 0 spiro atoms. The van der Waals surface area contributed by atoms with Gasteiger partial charge in [0.2, 0.25) is 5.91 Å². The van der Waals surface area contributed by atoms with Gasteiger partial charge in [-0.3, -0.25) is 4.79 Å². The van der Waals surface area contributed by atoms with E-state index in [0.29, 0.717) is 0 Å². The first-order valence-corrected chi connectivity index (χ1v) is 7.22. The van der Waals surface area contributed by atoms with Crippen molar-refractivity contribution in [2.75, 3.05) is 19.6 Å². The number of likely N-dealkylation sites (tertiary alicyclic amines) is 1. The van der Waals surface area contributed by atoms with Crippen LogP contribution in [0.4, 0.5) is 0 Å². The first-order chi connectivity index (χ1) is 8.41. The number of carbonyl (C=O) groups is 1. The van der Waals surface area contributed by atoms with Gasteiger partial charge in [-0.15, -0.1) is 0 Å². The molecule has 0 radical (unpaired) electrons. The van der Waals surface area contributed by atoms with Gasteiger partial charge in [-0.1, -0.05) is 6.42 Å². The third-order valence-corrected chi connectivity index (χ3v) is 3.68. The molecule has 4 nitrogen and oxygen atoms in total. The van der Waals surface area contributed by atoms with E-state index in [1.54, 1.807) is 13.8 Å². The van der Waals surface area contributed by atoms with Crippen LogP contribution in [0.15, 0.2) is 0 Å². The number of nitrogens with one attached hydrogen (secondary N) is 1. The SMILES string of the molecule is CC1CCCCN1CCCCNC(=O)C(C)(C)N. The summed E-state index contributed by atoms with van der Waals surface area (Å²) in [6.07, 6.45) is 6.22. The molecule has 0 aromatic heterocycles. The fraction of sp³-hybridized carbons (Fsp3) is 0.929. The number of piperidine rings is 1. The Bertz CT molecular complexity index is 260. The highest BCUT2D eigenvalue weighted by atomic mass is 16.2. The summed E-state index contributed by atoms with van der Waals surface area (Å²) in [7, 11) is 0. The fourth-order valence-corrected chi connectivity index (χ4v) is 2.36. The van der Waals surface area contributed by atoms with Crippen molar-refractivity contribution in [1.82, 2.24) is 10.2 Å². The molecule has 0 aromatic rings. The summed E-state index contributed by atoms with van der Waals surface area (Å²) in [4.78, 5) is 14.1. The average molecular weight is 255 g/mol. The number of nitrogens with two attached hydrogens (primary N) is 1. The fourth-order valence-electron chi connectivity index (χ4n) is 2.36. The van der Waals surface area contributed by atoms with Crippen molar-refractivity contribution in [3.05, 3.63) is 0 Å². The Balaban J connectivity index is 2.06. The van der Waals surface area contributed by atoms with Gasteiger partial charge in [0.1, 0.15) is 0 Å². The summed E-state index contributed by atoms with van der Waals surface area (Å²) in [6, 6.07) is 0.733. The molecular weight excluding hydrogens is 226 g/mol. The van der Waals surface area contributed by atoms with Gasteiger partial charge in [0.05, 0.1) is 5.54 Å². The monoisotopic (exact) mass is 255 g/mol. The maximum Gasteiger partial charge on any atom is 0.239 e. The quantitative estimate of drug-likeness (QED) is 0.707. The summed E-state index contributed by atoms with van der Waals surface area (Å²) in [5.74, 6) is -0.0613. The smallest absolute Gasteiger partial charge is 0.239 e. The molecule has 1 heterocycles. The zero-order valence-electron chi connectivity index (χ0n) is 12.2. The van der Waals surface area contributed by atoms with E-state index in [-0.39, 0.29) is 5.91 Å². The summed E-state index contributed by atoms with van der Waals surface area (Å²) >= 11 is 0. The highest BCUT2D eigenvalue weighted by Gasteiger charge is 2.21. The third-order valence-electron chi connectivity index (χ3n) is 3.68. The van der Waals surface area contributed by atoms with Crippen LogP contribution >= 0.6 is 0 Å². The van der Waals surface area contributed by atoms with Gasteiger partial charge in [-0.05, 0) is 59.5 Å². The Morgan fingerprint density at radius 3 is 2.72 bits per heavy atom. The average Bonchev–Trinajstić information content (AvgIpc) is 2.29. The van der Waals surface area contributed by atoms with Gasteiger partial charge >= 0.3 is 0 Å². The molecule has 1 rings (SSSR count). The minimum Gasteiger partial charge on any atom is -0.355 e. The van der Waals surface area contributed by atoms with Crippen molar-refractivity contribution in [3.8, 4) is 0 Å². The lowest BCUT2D eigenvalue weighted by molar-refractivity contribution is -0.125. The summed E-state index contributed by atoms with van der Waals surface area (Å²) in [5, 5.41) is 2.89. The van der Waals surface area contributed by atoms with Crippen LogP contribution in [0, 0.1) is 0 Å². The molecule has 1 unspecified atom stereocenters. The normalized spacial score (nSPS) is 21.9. The molecule has 1 fully saturated rings. The van der Waals surface area contributed by atoms with Crippen LogP contribution in [-0.4, -0.2) is 42.0 Å². The zero-order valence-corrected chi connectivity index (χ0v) is 12.2. The lowest BCUT2D eigenvalue weighted by atomic mass is 10.0. The molecule has 1 aliphatic rings. The van der Waals surface area contributed by atoms with Crippen LogP contribution in [0.5, 0.6) is 0 Å². The zero-order chi connectivity index (χ0) is 13.6. The van der Waals surface area contributed by atoms with E-state index < -0.39 is 5.54 Å². The molecular formula is C14H29N3O. The number of rotatable bonds is 6. The number of amides is 1. The van der Waals surface area contributed by atoms with Gasteiger partial charge in [-0.25, -0.2) is 0 Å². The second-order valence-electron chi connectivity index (χ2n) is 6.07. The molecule has 0 saturated carbocycles. The molecule has 106 valence electrons. The molecule has 0 aliphatic carbocycles. The van der Waals surface area contributed by atoms with Crippen LogP contribution in [0.3, 0.4) is 0 Å².